The number of amides is 1. The molecule has 7 nitrogen and oxygen atoms in total. The van der Waals surface area contributed by atoms with Gasteiger partial charge in [0.2, 0.25) is 5.91 Å². The first-order chi connectivity index (χ1) is 16.6. The molecule has 4 heterocycles. The van der Waals surface area contributed by atoms with Crippen LogP contribution in [0.1, 0.15) is 36.2 Å². The molecule has 1 amide bonds. The van der Waals surface area contributed by atoms with Crippen LogP contribution in [-0.4, -0.2) is 45.9 Å². The van der Waals surface area contributed by atoms with Crippen molar-refractivity contribution >= 4 is 39.2 Å². The molecule has 0 unspecified atom stereocenters. The number of hydrogen-bond acceptors (Lipinski definition) is 7. The van der Waals surface area contributed by atoms with E-state index in [9.17, 15) is 9.59 Å². The predicted molar refractivity (Wildman–Crippen MR) is 135 cm³/mol. The smallest absolute Gasteiger partial charge is 0.263 e. The van der Waals surface area contributed by atoms with Gasteiger partial charge in [0.15, 0.2) is 16.7 Å². The van der Waals surface area contributed by atoms with E-state index in [2.05, 4.69) is 13.5 Å². The Kier molecular flexibility index (Phi) is 6.65. The SMILES string of the molecule is C=CCn1c(SCC(=O)N2CCC[C@@H]2c2ccc3c(c2)OCCO3)nc2sc(CC)cc2c1=O. The highest BCUT2D eigenvalue weighted by molar-refractivity contribution is 7.99. The highest BCUT2D eigenvalue weighted by Gasteiger charge is 2.31. The van der Waals surface area contributed by atoms with Crippen LogP contribution in [0.15, 0.2) is 46.9 Å². The standard InChI is InChI=1S/C25H27N3O4S2/c1-3-9-28-24(30)18-14-17(4-2)34-23(18)26-25(28)33-15-22(29)27-10-5-6-19(27)16-7-8-20-21(13-16)32-12-11-31-20/h3,7-8,13-14,19H,1,4-6,9-12,15H2,2H3/t19-/m1/s1. The molecule has 1 saturated heterocycles. The number of thiophene rings is 1. The Morgan fingerprint density at radius 1 is 1.29 bits per heavy atom. The molecule has 5 rings (SSSR count). The molecule has 0 bridgehead atoms. The summed E-state index contributed by atoms with van der Waals surface area (Å²) in [4.78, 5) is 34.9. The number of benzene rings is 1. The van der Waals surface area contributed by atoms with Crippen LogP contribution >= 0.6 is 23.1 Å². The van der Waals surface area contributed by atoms with Crippen LogP contribution < -0.4 is 15.0 Å². The molecular formula is C25H27N3O4S2. The second-order valence-electron chi connectivity index (χ2n) is 8.32. The van der Waals surface area contributed by atoms with Crippen molar-refractivity contribution in [3.05, 3.63) is 57.7 Å². The topological polar surface area (TPSA) is 73.7 Å². The lowest BCUT2D eigenvalue weighted by Gasteiger charge is -2.26. The molecule has 1 fully saturated rings. The molecule has 2 aliphatic rings. The normalized spacial score (nSPS) is 17.3. The Labute approximate surface area is 206 Å². The molecule has 0 saturated carbocycles. The summed E-state index contributed by atoms with van der Waals surface area (Å²) in [6.45, 7) is 8.02. The molecule has 1 atom stereocenters. The monoisotopic (exact) mass is 497 g/mol. The number of aromatic nitrogens is 2. The first kappa shape index (κ1) is 23.0. The molecule has 0 aliphatic carbocycles. The maximum Gasteiger partial charge on any atom is 0.263 e. The van der Waals surface area contributed by atoms with Gasteiger partial charge < -0.3 is 14.4 Å². The lowest BCUT2D eigenvalue weighted by Crippen LogP contribution is -2.32. The summed E-state index contributed by atoms with van der Waals surface area (Å²) in [6, 6.07) is 7.89. The largest absolute Gasteiger partial charge is 0.486 e. The van der Waals surface area contributed by atoms with Crippen LogP contribution in [0.2, 0.25) is 0 Å². The quantitative estimate of drug-likeness (QED) is 0.273. The van der Waals surface area contributed by atoms with Crippen LogP contribution in [0.4, 0.5) is 0 Å². The average Bonchev–Trinajstić information content (AvgIpc) is 3.52. The molecule has 3 aromatic rings. The maximum absolute atomic E-state index is 13.3. The summed E-state index contributed by atoms with van der Waals surface area (Å²) in [6.07, 6.45) is 4.41. The van der Waals surface area contributed by atoms with E-state index in [1.807, 2.05) is 29.2 Å². The highest BCUT2D eigenvalue weighted by Crippen LogP contribution is 2.38. The second-order valence-corrected chi connectivity index (χ2v) is 10.4. The van der Waals surface area contributed by atoms with E-state index >= 15 is 0 Å². The second kappa shape index (κ2) is 9.84. The zero-order valence-corrected chi connectivity index (χ0v) is 20.8. The van der Waals surface area contributed by atoms with Crippen LogP contribution in [0.25, 0.3) is 10.2 Å². The Morgan fingerprint density at radius 2 is 2.12 bits per heavy atom. The Balaban J connectivity index is 1.36. The highest BCUT2D eigenvalue weighted by atomic mass is 32.2. The van der Waals surface area contributed by atoms with Crippen LogP contribution in [-0.2, 0) is 17.8 Å². The zero-order chi connectivity index (χ0) is 23.7. The van der Waals surface area contributed by atoms with E-state index in [1.54, 1.807) is 10.6 Å². The van der Waals surface area contributed by atoms with Crippen LogP contribution in [0.5, 0.6) is 11.5 Å². The van der Waals surface area contributed by atoms with Gasteiger partial charge in [-0.2, -0.15) is 0 Å². The van der Waals surface area contributed by atoms with E-state index in [0.29, 0.717) is 30.3 Å². The van der Waals surface area contributed by atoms with Gasteiger partial charge in [-0.05, 0) is 43.0 Å². The van der Waals surface area contributed by atoms with Crippen molar-refractivity contribution in [3.8, 4) is 11.5 Å². The molecule has 0 radical (unpaired) electrons. The number of aryl methyl sites for hydroxylation is 1. The fourth-order valence-corrected chi connectivity index (χ4v) is 6.41. The minimum absolute atomic E-state index is 0.0131. The van der Waals surface area contributed by atoms with Gasteiger partial charge in [0.1, 0.15) is 18.0 Å². The van der Waals surface area contributed by atoms with Crippen molar-refractivity contribution in [1.82, 2.24) is 14.5 Å². The molecule has 1 aromatic carbocycles. The molecule has 178 valence electrons. The number of carbonyl (C=O) groups is 1. The van der Waals surface area contributed by atoms with Crippen molar-refractivity contribution in [3.63, 3.8) is 0 Å². The fraction of sp³-hybridized carbons (Fsp3) is 0.400. The van der Waals surface area contributed by atoms with Gasteiger partial charge in [-0.15, -0.1) is 17.9 Å². The number of ether oxygens (including phenoxy) is 2. The average molecular weight is 498 g/mol. The summed E-state index contributed by atoms with van der Waals surface area (Å²) in [7, 11) is 0. The van der Waals surface area contributed by atoms with Crippen molar-refractivity contribution < 1.29 is 14.3 Å². The first-order valence-electron chi connectivity index (χ1n) is 11.5. The van der Waals surface area contributed by atoms with Crippen molar-refractivity contribution in [2.75, 3.05) is 25.5 Å². The number of likely N-dealkylation sites (tertiary alicyclic amines) is 1. The number of nitrogens with zero attached hydrogens (tertiary/aromatic N) is 3. The van der Waals surface area contributed by atoms with Gasteiger partial charge in [0.25, 0.3) is 5.56 Å². The first-order valence-corrected chi connectivity index (χ1v) is 13.3. The summed E-state index contributed by atoms with van der Waals surface area (Å²) in [5.74, 6) is 1.76. The molecule has 0 N–H and O–H groups in total. The lowest BCUT2D eigenvalue weighted by molar-refractivity contribution is -0.129. The van der Waals surface area contributed by atoms with Crippen molar-refractivity contribution in [2.45, 2.75) is 43.9 Å². The molecule has 0 spiro atoms. The predicted octanol–water partition coefficient (Wildman–Crippen LogP) is 4.43. The summed E-state index contributed by atoms with van der Waals surface area (Å²) >= 11 is 2.86. The van der Waals surface area contributed by atoms with Gasteiger partial charge in [-0.3, -0.25) is 14.2 Å². The molecule has 2 aromatic heterocycles. The number of hydrogen-bond donors (Lipinski definition) is 0. The number of carbonyl (C=O) groups excluding carboxylic acids is 1. The summed E-state index contributed by atoms with van der Waals surface area (Å²) in [5, 5.41) is 1.20. The van der Waals surface area contributed by atoms with Crippen molar-refractivity contribution in [2.24, 2.45) is 0 Å². The van der Waals surface area contributed by atoms with Crippen LogP contribution in [0, 0.1) is 0 Å². The third-order valence-electron chi connectivity index (χ3n) is 6.18. The Morgan fingerprint density at radius 3 is 2.91 bits per heavy atom. The lowest BCUT2D eigenvalue weighted by atomic mass is 10.0. The number of thioether (sulfide) groups is 1. The third-order valence-corrected chi connectivity index (χ3v) is 8.31. The third kappa shape index (κ3) is 4.34. The Hall–Kier alpha value is -2.78. The zero-order valence-electron chi connectivity index (χ0n) is 19.1. The Bertz CT molecular complexity index is 1300. The molecular weight excluding hydrogens is 470 g/mol. The number of rotatable bonds is 7. The van der Waals surface area contributed by atoms with Gasteiger partial charge in [0, 0.05) is 18.0 Å². The minimum atomic E-state index is -0.0777. The van der Waals surface area contributed by atoms with E-state index in [-0.39, 0.29) is 23.3 Å². The molecule has 34 heavy (non-hydrogen) atoms. The van der Waals surface area contributed by atoms with E-state index in [1.165, 1.54) is 23.1 Å². The van der Waals surface area contributed by atoms with E-state index in [0.717, 1.165) is 52.6 Å². The van der Waals surface area contributed by atoms with Gasteiger partial charge in [-0.1, -0.05) is 30.8 Å². The molecule has 2 aliphatic heterocycles. The summed E-state index contributed by atoms with van der Waals surface area (Å²) < 4.78 is 13.0. The van der Waals surface area contributed by atoms with Gasteiger partial charge >= 0.3 is 0 Å². The fourth-order valence-electron chi connectivity index (χ4n) is 4.51. The van der Waals surface area contributed by atoms with Gasteiger partial charge in [0.05, 0.1) is 17.2 Å². The minimum Gasteiger partial charge on any atom is -0.486 e. The maximum atomic E-state index is 13.3. The van der Waals surface area contributed by atoms with Crippen LogP contribution in [0.3, 0.4) is 0 Å². The number of allylic oxidation sites excluding steroid dienone is 1. The molecule has 9 heteroatoms. The van der Waals surface area contributed by atoms with E-state index < -0.39 is 0 Å². The van der Waals surface area contributed by atoms with Gasteiger partial charge in [-0.25, -0.2) is 4.98 Å². The number of fused-ring (bicyclic) bond motifs is 2. The summed E-state index contributed by atoms with van der Waals surface area (Å²) in [5.41, 5.74) is 0.986. The van der Waals surface area contributed by atoms with Crippen molar-refractivity contribution in [1.29, 1.82) is 0 Å². The van der Waals surface area contributed by atoms with E-state index in [4.69, 9.17) is 14.5 Å².